The largest absolute Gasteiger partial charge is 0.490 e. The summed E-state index contributed by atoms with van der Waals surface area (Å²) in [6.45, 7) is 2.37. The van der Waals surface area contributed by atoms with Crippen molar-refractivity contribution in [1.29, 1.82) is 0 Å². The molecule has 1 amide bonds. The number of anilines is 2. The molecule has 3 heterocycles. The van der Waals surface area contributed by atoms with Crippen LogP contribution in [0.2, 0.25) is 0 Å². The summed E-state index contributed by atoms with van der Waals surface area (Å²) < 4.78 is 10.9. The van der Waals surface area contributed by atoms with Crippen LogP contribution in [0.15, 0.2) is 42.6 Å². The molecule has 1 aliphatic carbocycles. The lowest BCUT2D eigenvalue weighted by molar-refractivity contribution is -0.120. The number of nitrogens with one attached hydrogen (secondary N) is 3. The standard InChI is InChI=1S/C25H29N5O3/c1-32-23-9-7-19-24(30-23)20(10-11-26-19)29-25(31)17-3-5-18(6-4-17)28-15-16-2-8-22-21(14-16)27-12-13-33-22/h2,7-11,14,17-18,27-28H,3-6,12-13,15H2,1H3,(H,26,29,31)/t17-,18-. The van der Waals surface area contributed by atoms with E-state index in [4.69, 9.17) is 9.47 Å². The lowest BCUT2D eigenvalue weighted by Crippen LogP contribution is -2.36. The first-order valence-corrected chi connectivity index (χ1v) is 11.5. The number of benzene rings is 1. The Bertz CT molecular complexity index is 1140. The Morgan fingerprint density at radius 3 is 2.91 bits per heavy atom. The third-order valence-electron chi connectivity index (χ3n) is 6.44. The SMILES string of the molecule is COc1ccc2nccc(NC(=O)[C@H]3CC[C@H](NCc4ccc5c(c4)NCCO5)CC3)c2n1. The first kappa shape index (κ1) is 21.5. The number of fused-ring (bicyclic) bond motifs is 2. The van der Waals surface area contributed by atoms with Crippen molar-refractivity contribution in [2.45, 2.75) is 38.3 Å². The number of nitrogens with zero attached hydrogens (tertiary/aromatic N) is 2. The van der Waals surface area contributed by atoms with Gasteiger partial charge in [-0.1, -0.05) is 6.07 Å². The minimum absolute atomic E-state index is 0.00182. The lowest BCUT2D eigenvalue weighted by Gasteiger charge is -2.29. The highest BCUT2D eigenvalue weighted by molar-refractivity contribution is 6.00. The first-order valence-electron chi connectivity index (χ1n) is 11.5. The Labute approximate surface area is 193 Å². The summed E-state index contributed by atoms with van der Waals surface area (Å²) in [5, 5.41) is 10.1. The topological polar surface area (TPSA) is 97.4 Å². The maximum Gasteiger partial charge on any atom is 0.227 e. The molecular formula is C25H29N5O3. The highest BCUT2D eigenvalue weighted by atomic mass is 16.5. The number of carbonyl (C=O) groups excluding carboxylic acids is 1. The van der Waals surface area contributed by atoms with Crippen LogP contribution in [0.1, 0.15) is 31.2 Å². The summed E-state index contributed by atoms with van der Waals surface area (Å²) in [6, 6.07) is 12.1. The average molecular weight is 448 g/mol. The third-order valence-corrected chi connectivity index (χ3v) is 6.44. The zero-order chi connectivity index (χ0) is 22.6. The van der Waals surface area contributed by atoms with Gasteiger partial charge < -0.3 is 25.4 Å². The molecule has 1 saturated carbocycles. The number of amides is 1. The highest BCUT2D eigenvalue weighted by Gasteiger charge is 2.26. The fourth-order valence-corrected chi connectivity index (χ4v) is 4.58. The molecule has 1 fully saturated rings. The molecule has 8 nitrogen and oxygen atoms in total. The molecule has 0 saturated heterocycles. The Hall–Kier alpha value is -3.39. The third kappa shape index (κ3) is 4.85. The van der Waals surface area contributed by atoms with Crippen molar-refractivity contribution in [3.05, 3.63) is 48.2 Å². The molecule has 0 radical (unpaired) electrons. The Morgan fingerprint density at radius 1 is 1.18 bits per heavy atom. The maximum absolute atomic E-state index is 13.0. The van der Waals surface area contributed by atoms with Crippen LogP contribution in [-0.2, 0) is 11.3 Å². The van der Waals surface area contributed by atoms with Gasteiger partial charge >= 0.3 is 0 Å². The minimum atomic E-state index is 0.00182. The second-order valence-corrected chi connectivity index (χ2v) is 8.60. The maximum atomic E-state index is 13.0. The van der Waals surface area contributed by atoms with E-state index in [1.807, 2.05) is 12.1 Å². The van der Waals surface area contributed by atoms with E-state index in [9.17, 15) is 4.79 Å². The quantitative estimate of drug-likeness (QED) is 0.530. The van der Waals surface area contributed by atoms with Gasteiger partial charge in [-0.25, -0.2) is 4.98 Å². The summed E-state index contributed by atoms with van der Waals surface area (Å²) >= 11 is 0. The summed E-state index contributed by atoms with van der Waals surface area (Å²) in [4.78, 5) is 21.7. The van der Waals surface area contributed by atoms with Crippen molar-refractivity contribution in [2.75, 3.05) is 30.9 Å². The Balaban J connectivity index is 1.14. The van der Waals surface area contributed by atoms with Crippen molar-refractivity contribution in [3.63, 3.8) is 0 Å². The number of aromatic nitrogens is 2. The first-order chi connectivity index (χ1) is 16.2. The molecule has 1 aliphatic heterocycles. The van der Waals surface area contributed by atoms with Gasteiger partial charge in [-0.05, 0) is 55.5 Å². The number of ether oxygens (including phenoxy) is 2. The molecule has 0 atom stereocenters. The zero-order valence-corrected chi connectivity index (χ0v) is 18.8. The number of carbonyl (C=O) groups is 1. The molecule has 33 heavy (non-hydrogen) atoms. The molecule has 2 aliphatic rings. The van der Waals surface area contributed by atoms with Crippen LogP contribution >= 0.6 is 0 Å². The van der Waals surface area contributed by atoms with Gasteiger partial charge in [0.25, 0.3) is 0 Å². The molecule has 8 heteroatoms. The molecule has 0 unspecified atom stereocenters. The minimum Gasteiger partial charge on any atom is -0.490 e. The number of methoxy groups -OCH3 is 1. The van der Waals surface area contributed by atoms with Gasteiger partial charge in [-0.15, -0.1) is 0 Å². The van der Waals surface area contributed by atoms with Crippen LogP contribution in [-0.4, -0.2) is 42.2 Å². The summed E-state index contributed by atoms with van der Waals surface area (Å²) in [6.07, 6.45) is 5.38. The van der Waals surface area contributed by atoms with Gasteiger partial charge in [0, 0.05) is 37.3 Å². The van der Waals surface area contributed by atoms with E-state index in [1.54, 1.807) is 25.4 Å². The second-order valence-electron chi connectivity index (χ2n) is 8.60. The normalized spacial score (nSPS) is 19.8. The van der Waals surface area contributed by atoms with E-state index in [0.29, 0.717) is 29.7 Å². The molecule has 3 aromatic rings. The van der Waals surface area contributed by atoms with Crippen molar-refractivity contribution >= 4 is 28.3 Å². The molecule has 0 spiro atoms. The van der Waals surface area contributed by atoms with Crippen LogP contribution in [0.25, 0.3) is 11.0 Å². The molecule has 3 N–H and O–H groups in total. The van der Waals surface area contributed by atoms with Gasteiger partial charge in [0.15, 0.2) is 0 Å². The van der Waals surface area contributed by atoms with Crippen molar-refractivity contribution in [2.24, 2.45) is 5.92 Å². The number of rotatable bonds is 6. The van der Waals surface area contributed by atoms with Crippen molar-refractivity contribution < 1.29 is 14.3 Å². The van der Waals surface area contributed by atoms with E-state index < -0.39 is 0 Å². The fraction of sp³-hybridized carbons (Fsp3) is 0.400. The average Bonchev–Trinajstić information content (AvgIpc) is 2.87. The van der Waals surface area contributed by atoms with Crippen LogP contribution in [0.3, 0.4) is 0 Å². The van der Waals surface area contributed by atoms with Gasteiger partial charge in [0.2, 0.25) is 11.8 Å². The summed E-state index contributed by atoms with van der Waals surface area (Å²) in [5.41, 5.74) is 4.35. The van der Waals surface area contributed by atoms with Crippen LogP contribution < -0.4 is 25.4 Å². The Morgan fingerprint density at radius 2 is 2.06 bits per heavy atom. The molecule has 5 rings (SSSR count). The van der Waals surface area contributed by atoms with E-state index in [1.165, 1.54) is 5.56 Å². The van der Waals surface area contributed by atoms with E-state index in [2.05, 4.69) is 38.1 Å². The second kappa shape index (κ2) is 9.62. The lowest BCUT2D eigenvalue weighted by atomic mass is 9.85. The van der Waals surface area contributed by atoms with E-state index in [0.717, 1.165) is 55.7 Å². The Kier molecular flexibility index (Phi) is 6.26. The zero-order valence-electron chi connectivity index (χ0n) is 18.8. The van der Waals surface area contributed by atoms with E-state index in [-0.39, 0.29) is 11.8 Å². The molecule has 0 bridgehead atoms. The number of hydrogen-bond donors (Lipinski definition) is 3. The van der Waals surface area contributed by atoms with Crippen molar-refractivity contribution in [3.8, 4) is 11.6 Å². The molecule has 172 valence electrons. The molecule has 1 aromatic carbocycles. The van der Waals surface area contributed by atoms with Crippen LogP contribution in [0.4, 0.5) is 11.4 Å². The van der Waals surface area contributed by atoms with Gasteiger partial charge in [0.1, 0.15) is 17.9 Å². The summed E-state index contributed by atoms with van der Waals surface area (Å²) in [7, 11) is 1.58. The van der Waals surface area contributed by atoms with Crippen LogP contribution in [0.5, 0.6) is 11.6 Å². The summed E-state index contributed by atoms with van der Waals surface area (Å²) in [5.74, 6) is 1.47. The smallest absolute Gasteiger partial charge is 0.227 e. The molecule has 2 aromatic heterocycles. The van der Waals surface area contributed by atoms with Gasteiger partial charge in [-0.2, -0.15) is 0 Å². The monoisotopic (exact) mass is 447 g/mol. The predicted molar refractivity (Wildman–Crippen MR) is 128 cm³/mol. The highest BCUT2D eigenvalue weighted by Crippen LogP contribution is 2.30. The van der Waals surface area contributed by atoms with Gasteiger partial charge in [-0.3, -0.25) is 9.78 Å². The van der Waals surface area contributed by atoms with E-state index >= 15 is 0 Å². The number of pyridine rings is 2. The van der Waals surface area contributed by atoms with Crippen LogP contribution in [0, 0.1) is 5.92 Å². The number of hydrogen-bond acceptors (Lipinski definition) is 7. The van der Waals surface area contributed by atoms with Crippen molar-refractivity contribution in [1.82, 2.24) is 15.3 Å². The fourth-order valence-electron chi connectivity index (χ4n) is 4.58. The molecular weight excluding hydrogens is 418 g/mol. The predicted octanol–water partition coefficient (Wildman–Crippen LogP) is 3.73. The van der Waals surface area contributed by atoms with Gasteiger partial charge in [0.05, 0.1) is 24.0 Å².